The topological polar surface area (TPSA) is 78.0 Å². The maximum Gasteiger partial charge on any atom is 0.322 e. The molecule has 42 heavy (non-hydrogen) atoms. The van der Waals surface area contributed by atoms with Crippen molar-refractivity contribution in [1.82, 2.24) is 19.7 Å². The average Bonchev–Trinajstić information content (AvgIpc) is 3.50. The predicted molar refractivity (Wildman–Crippen MR) is 167 cm³/mol. The Morgan fingerprint density at radius 1 is 0.952 bits per heavy atom. The lowest BCUT2D eigenvalue weighted by Gasteiger charge is -2.39. The van der Waals surface area contributed by atoms with Gasteiger partial charge in [-0.3, -0.25) is 9.69 Å². The summed E-state index contributed by atoms with van der Waals surface area (Å²) < 4.78 is 5.21. The largest absolute Gasteiger partial charge is 0.383 e. The Kier molecular flexibility index (Phi) is 10.2. The Balaban J connectivity index is 1.21. The Morgan fingerprint density at radius 2 is 1.57 bits per heavy atom. The van der Waals surface area contributed by atoms with E-state index in [1.807, 2.05) is 17.0 Å². The number of amides is 3. The van der Waals surface area contributed by atoms with Crippen LogP contribution >= 0.6 is 22.9 Å². The molecule has 10 heteroatoms. The molecule has 2 heterocycles. The molecule has 1 fully saturated rings. The summed E-state index contributed by atoms with van der Waals surface area (Å²) in [5.41, 5.74) is 3.54. The summed E-state index contributed by atoms with van der Waals surface area (Å²) in [4.78, 5) is 37.0. The van der Waals surface area contributed by atoms with Gasteiger partial charge in [-0.1, -0.05) is 72.3 Å². The van der Waals surface area contributed by atoms with Gasteiger partial charge in [0.15, 0.2) is 0 Å². The minimum absolute atomic E-state index is 0.0813. The number of piperazine rings is 1. The number of urea groups is 1. The van der Waals surface area contributed by atoms with Gasteiger partial charge in [0.1, 0.15) is 10.7 Å². The number of hydrogen-bond donors (Lipinski definition) is 1. The van der Waals surface area contributed by atoms with Crippen LogP contribution in [0.4, 0.5) is 10.5 Å². The highest BCUT2D eigenvalue weighted by Gasteiger charge is 2.29. The zero-order chi connectivity index (χ0) is 29.3. The van der Waals surface area contributed by atoms with Gasteiger partial charge in [-0.15, -0.1) is 11.3 Å². The molecule has 1 aliphatic rings. The number of aromatic nitrogens is 1. The van der Waals surface area contributed by atoms with Crippen molar-refractivity contribution in [2.75, 3.05) is 51.8 Å². The van der Waals surface area contributed by atoms with Crippen LogP contribution in [0.25, 0.3) is 0 Å². The molecule has 1 saturated heterocycles. The van der Waals surface area contributed by atoms with Crippen LogP contribution in [0.2, 0.25) is 5.02 Å². The fourth-order valence-electron chi connectivity index (χ4n) is 5.06. The zero-order valence-corrected chi connectivity index (χ0v) is 25.1. The van der Waals surface area contributed by atoms with E-state index in [0.29, 0.717) is 47.7 Å². The van der Waals surface area contributed by atoms with Crippen LogP contribution in [-0.4, -0.2) is 78.1 Å². The number of rotatable bonds is 10. The summed E-state index contributed by atoms with van der Waals surface area (Å²) >= 11 is 7.34. The minimum atomic E-state index is -0.278. The summed E-state index contributed by atoms with van der Waals surface area (Å²) in [5, 5.41) is 5.95. The number of carbonyl (C=O) groups excluding carboxylic acids is 2. The number of nitrogens with one attached hydrogen (secondary N) is 1. The third-order valence-corrected chi connectivity index (χ3v) is 8.33. The molecule has 1 aliphatic heterocycles. The van der Waals surface area contributed by atoms with Gasteiger partial charge in [0.05, 0.1) is 19.2 Å². The first-order chi connectivity index (χ1) is 20.5. The second-order valence-electron chi connectivity index (χ2n) is 10.0. The molecule has 218 valence electrons. The van der Waals surface area contributed by atoms with Crippen molar-refractivity contribution in [3.8, 4) is 0 Å². The first kappa shape index (κ1) is 29.7. The van der Waals surface area contributed by atoms with Crippen molar-refractivity contribution in [2.24, 2.45) is 0 Å². The van der Waals surface area contributed by atoms with Crippen molar-refractivity contribution in [2.45, 2.75) is 12.6 Å². The number of carbonyl (C=O) groups is 2. The van der Waals surface area contributed by atoms with Crippen molar-refractivity contribution in [3.05, 3.63) is 117 Å². The first-order valence-electron chi connectivity index (χ1n) is 13.9. The van der Waals surface area contributed by atoms with Gasteiger partial charge in [-0.2, -0.15) is 0 Å². The van der Waals surface area contributed by atoms with Gasteiger partial charge in [0.25, 0.3) is 5.91 Å². The molecule has 1 aromatic heterocycles. The maximum absolute atomic E-state index is 13.4. The number of methoxy groups -OCH3 is 1. The number of thiazole rings is 1. The number of benzene rings is 3. The van der Waals surface area contributed by atoms with E-state index in [-0.39, 0.29) is 24.5 Å². The van der Waals surface area contributed by atoms with Crippen LogP contribution in [0.3, 0.4) is 0 Å². The summed E-state index contributed by atoms with van der Waals surface area (Å²) in [7, 11) is 1.59. The Morgan fingerprint density at radius 3 is 2.17 bits per heavy atom. The summed E-state index contributed by atoms with van der Waals surface area (Å²) in [6.07, 6.45) is 0. The van der Waals surface area contributed by atoms with Crippen LogP contribution in [0.15, 0.2) is 90.3 Å². The lowest BCUT2D eigenvalue weighted by atomic mass is 9.96. The molecule has 0 spiro atoms. The number of nitrogens with zero attached hydrogens (tertiary/aromatic N) is 4. The third-order valence-electron chi connectivity index (χ3n) is 7.24. The molecule has 0 aliphatic carbocycles. The van der Waals surface area contributed by atoms with E-state index in [0.717, 1.165) is 13.1 Å². The summed E-state index contributed by atoms with van der Waals surface area (Å²) in [6.45, 7) is 3.77. The highest BCUT2D eigenvalue weighted by atomic mass is 35.5. The van der Waals surface area contributed by atoms with E-state index in [1.54, 1.807) is 41.7 Å². The van der Waals surface area contributed by atoms with Gasteiger partial charge < -0.3 is 19.9 Å². The van der Waals surface area contributed by atoms with Gasteiger partial charge in [-0.05, 0) is 35.4 Å². The molecule has 0 atom stereocenters. The highest BCUT2D eigenvalue weighted by molar-refractivity contribution is 7.09. The molecule has 4 aromatic rings. The van der Waals surface area contributed by atoms with Crippen LogP contribution in [0.5, 0.6) is 0 Å². The van der Waals surface area contributed by atoms with E-state index < -0.39 is 0 Å². The fraction of sp³-hybridized carbons (Fsp3) is 0.281. The Hall–Kier alpha value is -3.76. The fourth-order valence-corrected chi connectivity index (χ4v) is 5.97. The second-order valence-corrected chi connectivity index (χ2v) is 11.4. The lowest BCUT2D eigenvalue weighted by molar-refractivity contribution is 0.0592. The predicted octanol–water partition coefficient (Wildman–Crippen LogP) is 6.02. The molecule has 3 amide bonds. The molecule has 3 aromatic carbocycles. The normalized spacial score (nSPS) is 13.7. The molecule has 0 saturated carbocycles. The number of halogens is 1. The zero-order valence-electron chi connectivity index (χ0n) is 23.5. The highest BCUT2D eigenvalue weighted by Crippen LogP contribution is 2.29. The van der Waals surface area contributed by atoms with Crippen molar-refractivity contribution in [1.29, 1.82) is 0 Å². The van der Waals surface area contributed by atoms with Crippen LogP contribution in [-0.2, 0) is 11.3 Å². The summed E-state index contributed by atoms with van der Waals surface area (Å²) in [5.74, 6) is -0.0813. The van der Waals surface area contributed by atoms with Crippen LogP contribution in [0, 0.1) is 0 Å². The Labute approximate surface area is 255 Å². The first-order valence-corrected chi connectivity index (χ1v) is 15.2. The van der Waals surface area contributed by atoms with Gasteiger partial charge >= 0.3 is 6.03 Å². The van der Waals surface area contributed by atoms with Crippen LogP contribution < -0.4 is 5.32 Å². The molecule has 0 bridgehead atoms. The quantitative estimate of drug-likeness (QED) is 0.240. The number of hydrogen-bond acceptors (Lipinski definition) is 6. The Bertz CT molecular complexity index is 1400. The van der Waals surface area contributed by atoms with E-state index in [2.05, 4.69) is 63.7 Å². The van der Waals surface area contributed by atoms with E-state index in [1.165, 1.54) is 22.5 Å². The number of ether oxygens (including phenoxy) is 1. The molecular formula is C32H34ClN5O3S. The number of anilines is 1. The maximum atomic E-state index is 13.4. The molecule has 8 nitrogen and oxygen atoms in total. The molecule has 0 unspecified atom stereocenters. The standard InChI is InChI=1S/C32H34ClN5O3S/c1-41-21-20-38(32(40)34-27-14-12-26(33)13-15-27)22-29-35-28(23-42-29)31(39)37-18-16-36(17-19-37)30(24-8-4-2-5-9-24)25-10-6-3-7-11-25/h2-15,23,30H,16-22H2,1H3,(H,34,40). The SMILES string of the molecule is COCCN(Cc1nc(C(=O)N2CCN(C(c3ccccc3)c3ccccc3)CC2)cs1)C(=O)Nc1ccc(Cl)cc1. The van der Waals surface area contributed by atoms with Crippen molar-refractivity contribution >= 4 is 40.6 Å². The van der Waals surface area contributed by atoms with Gasteiger partial charge in [0.2, 0.25) is 0 Å². The third kappa shape index (κ3) is 7.54. The van der Waals surface area contributed by atoms with E-state index in [9.17, 15) is 9.59 Å². The molecule has 1 N–H and O–H groups in total. The molecule has 0 radical (unpaired) electrons. The van der Waals surface area contributed by atoms with Gasteiger partial charge in [0, 0.05) is 55.9 Å². The second kappa shape index (κ2) is 14.4. The lowest BCUT2D eigenvalue weighted by Crippen LogP contribution is -2.50. The van der Waals surface area contributed by atoms with E-state index in [4.69, 9.17) is 16.3 Å². The van der Waals surface area contributed by atoms with Crippen LogP contribution in [0.1, 0.15) is 32.7 Å². The minimum Gasteiger partial charge on any atom is -0.383 e. The van der Waals surface area contributed by atoms with Crippen molar-refractivity contribution < 1.29 is 14.3 Å². The van der Waals surface area contributed by atoms with Gasteiger partial charge in [-0.25, -0.2) is 9.78 Å². The summed E-state index contributed by atoms with van der Waals surface area (Å²) in [6, 6.07) is 27.8. The molecular weight excluding hydrogens is 570 g/mol. The van der Waals surface area contributed by atoms with E-state index >= 15 is 0 Å². The van der Waals surface area contributed by atoms with Crippen molar-refractivity contribution in [3.63, 3.8) is 0 Å². The monoisotopic (exact) mass is 603 g/mol. The molecule has 5 rings (SSSR count). The average molecular weight is 604 g/mol. The smallest absolute Gasteiger partial charge is 0.322 e.